The molecule has 1 fully saturated rings. The molecular formula is C12H26N2S. The Bertz CT molecular complexity index is 145. The predicted octanol–water partition coefficient (Wildman–Crippen LogP) is 2.33. The minimum atomic E-state index is 0.386. The molecule has 0 amide bonds. The van der Waals surface area contributed by atoms with E-state index in [1.165, 1.54) is 50.9 Å². The summed E-state index contributed by atoms with van der Waals surface area (Å²) in [5, 5.41) is 0. The minimum Gasteiger partial charge on any atom is -0.327 e. The fourth-order valence-electron chi connectivity index (χ4n) is 2.19. The van der Waals surface area contributed by atoms with Crippen LogP contribution >= 0.6 is 11.8 Å². The Morgan fingerprint density at radius 3 is 2.33 bits per heavy atom. The monoisotopic (exact) mass is 230 g/mol. The molecule has 3 heteroatoms. The van der Waals surface area contributed by atoms with Gasteiger partial charge in [-0.2, -0.15) is 11.8 Å². The number of nitrogens with zero attached hydrogens (tertiary/aromatic N) is 1. The quantitative estimate of drug-likeness (QED) is 0.786. The lowest BCUT2D eigenvalue weighted by molar-refractivity contribution is 0.232. The van der Waals surface area contributed by atoms with E-state index < -0.39 is 0 Å². The van der Waals surface area contributed by atoms with E-state index in [4.69, 9.17) is 5.73 Å². The van der Waals surface area contributed by atoms with Crippen molar-refractivity contribution in [1.29, 1.82) is 0 Å². The normalized spacial score (nSPS) is 22.0. The Balaban J connectivity index is 2.16. The van der Waals surface area contributed by atoms with E-state index in [0.717, 1.165) is 13.0 Å². The molecule has 0 aromatic heterocycles. The number of nitrogens with two attached hydrogens (primary N) is 1. The fourth-order valence-corrected chi connectivity index (χ4v) is 2.73. The van der Waals surface area contributed by atoms with Gasteiger partial charge in [0.25, 0.3) is 0 Å². The highest BCUT2D eigenvalue weighted by molar-refractivity contribution is 7.98. The molecule has 1 saturated heterocycles. The zero-order chi connectivity index (χ0) is 10.9. The van der Waals surface area contributed by atoms with Crippen LogP contribution in [0.3, 0.4) is 0 Å². The van der Waals surface area contributed by atoms with Crippen LogP contribution in [-0.4, -0.2) is 42.6 Å². The molecule has 1 rings (SSSR count). The zero-order valence-corrected chi connectivity index (χ0v) is 10.9. The van der Waals surface area contributed by atoms with Gasteiger partial charge in [0, 0.05) is 12.6 Å². The lowest BCUT2D eigenvalue weighted by atomic mass is 10.1. The first-order valence-electron chi connectivity index (χ1n) is 6.30. The van der Waals surface area contributed by atoms with E-state index in [1.54, 1.807) is 0 Å². The van der Waals surface area contributed by atoms with Gasteiger partial charge in [-0.3, -0.25) is 0 Å². The van der Waals surface area contributed by atoms with Gasteiger partial charge in [0.1, 0.15) is 0 Å². The lowest BCUT2D eigenvalue weighted by Gasteiger charge is -2.27. The maximum absolute atomic E-state index is 6.13. The van der Waals surface area contributed by atoms with E-state index >= 15 is 0 Å². The molecule has 1 aliphatic heterocycles. The van der Waals surface area contributed by atoms with Crippen molar-refractivity contribution in [1.82, 2.24) is 4.90 Å². The van der Waals surface area contributed by atoms with Crippen molar-refractivity contribution in [3.63, 3.8) is 0 Å². The average Bonchev–Trinajstić information content (AvgIpc) is 2.19. The van der Waals surface area contributed by atoms with Crippen LogP contribution in [0.25, 0.3) is 0 Å². The molecule has 0 aliphatic carbocycles. The third kappa shape index (κ3) is 6.44. The van der Waals surface area contributed by atoms with Crippen LogP contribution in [-0.2, 0) is 0 Å². The van der Waals surface area contributed by atoms with Crippen LogP contribution < -0.4 is 5.73 Å². The molecule has 0 saturated carbocycles. The van der Waals surface area contributed by atoms with Gasteiger partial charge in [-0.15, -0.1) is 0 Å². The predicted molar refractivity (Wildman–Crippen MR) is 70.5 cm³/mol. The van der Waals surface area contributed by atoms with Gasteiger partial charge in [0.05, 0.1) is 0 Å². The molecule has 1 heterocycles. The largest absolute Gasteiger partial charge is 0.327 e. The Labute approximate surface area is 99.0 Å². The van der Waals surface area contributed by atoms with Gasteiger partial charge >= 0.3 is 0 Å². The van der Waals surface area contributed by atoms with Crippen LogP contribution in [0.4, 0.5) is 0 Å². The van der Waals surface area contributed by atoms with Crippen LogP contribution in [0.2, 0.25) is 0 Å². The van der Waals surface area contributed by atoms with Gasteiger partial charge in [-0.25, -0.2) is 0 Å². The average molecular weight is 230 g/mol. The van der Waals surface area contributed by atoms with Crippen LogP contribution in [0, 0.1) is 0 Å². The molecule has 15 heavy (non-hydrogen) atoms. The molecular weight excluding hydrogens is 204 g/mol. The summed E-state index contributed by atoms with van der Waals surface area (Å²) >= 11 is 1.90. The summed E-state index contributed by atoms with van der Waals surface area (Å²) in [5.41, 5.74) is 6.13. The van der Waals surface area contributed by atoms with Crippen molar-refractivity contribution in [3.05, 3.63) is 0 Å². The fraction of sp³-hybridized carbons (Fsp3) is 1.00. The molecule has 2 N–H and O–H groups in total. The Morgan fingerprint density at radius 1 is 1.13 bits per heavy atom. The van der Waals surface area contributed by atoms with E-state index in [1.807, 2.05) is 11.8 Å². The summed E-state index contributed by atoms with van der Waals surface area (Å²) in [6.45, 7) is 3.65. The Kier molecular flexibility index (Phi) is 7.49. The standard InChI is InChI=1S/C12H26N2S/c1-15-10-7-12(13)11-14-8-5-3-2-4-6-9-14/h12H,2-11,13H2,1H3/t12-/m0/s1. The number of hydrogen-bond acceptors (Lipinski definition) is 3. The van der Waals surface area contributed by atoms with Gasteiger partial charge in [-0.05, 0) is 44.4 Å². The second-order valence-electron chi connectivity index (χ2n) is 4.61. The van der Waals surface area contributed by atoms with E-state index in [2.05, 4.69) is 11.2 Å². The number of hydrogen-bond donors (Lipinski definition) is 1. The zero-order valence-electron chi connectivity index (χ0n) is 10.1. The molecule has 0 radical (unpaired) electrons. The lowest BCUT2D eigenvalue weighted by Crippen LogP contribution is -2.39. The number of rotatable bonds is 5. The summed E-state index contributed by atoms with van der Waals surface area (Å²) in [6, 6.07) is 0.386. The molecule has 0 bridgehead atoms. The van der Waals surface area contributed by atoms with E-state index in [9.17, 15) is 0 Å². The van der Waals surface area contributed by atoms with Crippen molar-refractivity contribution in [3.8, 4) is 0 Å². The molecule has 2 nitrogen and oxygen atoms in total. The van der Waals surface area contributed by atoms with E-state index in [0.29, 0.717) is 6.04 Å². The summed E-state index contributed by atoms with van der Waals surface area (Å²) in [4.78, 5) is 2.57. The second kappa shape index (κ2) is 8.43. The highest BCUT2D eigenvalue weighted by Gasteiger charge is 2.11. The molecule has 0 aromatic carbocycles. The summed E-state index contributed by atoms with van der Waals surface area (Å²) in [7, 11) is 0. The molecule has 1 atom stereocenters. The number of likely N-dealkylation sites (tertiary alicyclic amines) is 1. The van der Waals surface area contributed by atoms with E-state index in [-0.39, 0.29) is 0 Å². The van der Waals surface area contributed by atoms with Crippen LogP contribution in [0.15, 0.2) is 0 Å². The maximum atomic E-state index is 6.13. The molecule has 0 aromatic rings. The van der Waals surface area contributed by atoms with Gasteiger partial charge in [0.2, 0.25) is 0 Å². The molecule has 0 spiro atoms. The first-order chi connectivity index (χ1) is 7.33. The summed E-state index contributed by atoms with van der Waals surface area (Å²) in [6.07, 6.45) is 10.3. The maximum Gasteiger partial charge on any atom is 0.0175 e. The summed E-state index contributed by atoms with van der Waals surface area (Å²) < 4.78 is 0. The molecule has 1 aliphatic rings. The van der Waals surface area contributed by atoms with Crippen molar-refractivity contribution in [2.24, 2.45) is 5.73 Å². The Morgan fingerprint density at radius 2 is 1.73 bits per heavy atom. The first kappa shape index (κ1) is 13.3. The second-order valence-corrected chi connectivity index (χ2v) is 5.60. The summed E-state index contributed by atoms with van der Waals surface area (Å²) in [5.74, 6) is 1.20. The third-order valence-corrected chi connectivity index (χ3v) is 3.78. The van der Waals surface area contributed by atoms with Crippen molar-refractivity contribution >= 4 is 11.8 Å². The van der Waals surface area contributed by atoms with Crippen LogP contribution in [0.1, 0.15) is 38.5 Å². The molecule has 90 valence electrons. The van der Waals surface area contributed by atoms with Gasteiger partial charge in [-0.1, -0.05) is 19.3 Å². The highest BCUT2D eigenvalue weighted by Crippen LogP contribution is 2.11. The topological polar surface area (TPSA) is 29.3 Å². The SMILES string of the molecule is CSCC[C@H](N)CN1CCCCCCC1. The van der Waals surface area contributed by atoms with Crippen molar-refractivity contribution in [2.75, 3.05) is 31.6 Å². The van der Waals surface area contributed by atoms with Crippen molar-refractivity contribution < 1.29 is 0 Å². The van der Waals surface area contributed by atoms with Gasteiger partial charge in [0.15, 0.2) is 0 Å². The smallest absolute Gasteiger partial charge is 0.0175 e. The molecule has 0 unspecified atom stereocenters. The van der Waals surface area contributed by atoms with Crippen LogP contribution in [0.5, 0.6) is 0 Å². The third-order valence-electron chi connectivity index (χ3n) is 3.13. The van der Waals surface area contributed by atoms with Gasteiger partial charge < -0.3 is 10.6 Å². The first-order valence-corrected chi connectivity index (χ1v) is 7.69. The highest BCUT2D eigenvalue weighted by atomic mass is 32.2. The minimum absolute atomic E-state index is 0.386. The number of thioether (sulfide) groups is 1. The Hall–Kier alpha value is 0.270. The van der Waals surface area contributed by atoms with Crippen molar-refractivity contribution in [2.45, 2.75) is 44.6 Å².